The van der Waals surface area contributed by atoms with Crippen molar-refractivity contribution in [3.8, 4) is 0 Å². The average Bonchev–Trinajstić information content (AvgIpc) is 3.50. The maximum absolute atomic E-state index is 12.8. The van der Waals surface area contributed by atoms with Gasteiger partial charge in [0, 0.05) is 21.0 Å². The van der Waals surface area contributed by atoms with Crippen molar-refractivity contribution < 1.29 is 14.4 Å². The van der Waals surface area contributed by atoms with Crippen LogP contribution in [0.3, 0.4) is 0 Å². The number of hydrogen-bond acceptors (Lipinski definition) is 5. The molecule has 0 radical (unpaired) electrons. The van der Waals surface area contributed by atoms with Crippen LogP contribution in [-0.4, -0.2) is 17.7 Å². The summed E-state index contributed by atoms with van der Waals surface area (Å²) in [6.45, 7) is 1.92. The Labute approximate surface area is 205 Å². The third-order valence-electron chi connectivity index (χ3n) is 4.96. The normalized spacial score (nSPS) is 10.5. The zero-order valence-corrected chi connectivity index (χ0v) is 20.1. The third kappa shape index (κ3) is 6.40. The lowest BCUT2D eigenvalue weighted by molar-refractivity contribution is -0.116. The molecule has 172 valence electrons. The lowest BCUT2D eigenvalue weighted by atomic mass is 10.1. The highest BCUT2D eigenvalue weighted by molar-refractivity contribution is 7.10. The van der Waals surface area contributed by atoms with Gasteiger partial charge in [-0.2, -0.15) is 0 Å². The molecule has 0 unspecified atom stereocenters. The fourth-order valence-electron chi connectivity index (χ4n) is 3.31. The number of nitrogens with one attached hydrogen (secondary N) is 3. The van der Waals surface area contributed by atoms with Gasteiger partial charge in [0.2, 0.25) is 11.8 Å². The summed E-state index contributed by atoms with van der Waals surface area (Å²) in [6, 6.07) is 19.8. The van der Waals surface area contributed by atoms with Gasteiger partial charge in [-0.15, -0.1) is 22.7 Å². The molecule has 0 spiro atoms. The summed E-state index contributed by atoms with van der Waals surface area (Å²) in [4.78, 5) is 39.4. The Balaban J connectivity index is 1.39. The topological polar surface area (TPSA) is 87.3 Å². The number of carbonyl (C=O) groups excluding carboxylic acids is 3. The van der Waals surface area contributed by atoms with Crippen LogP contribution in [0, 0.1) is 6.92 Å². The number of aryl methyl sites for hydroxylation is 1. The zero-order valence-electron chi connectivity index (χ0n) is 18.5. The number of thiophene rings is 2. The predicted molar refractivity (Wildman–Crippen MR) is 139 cm³/mol. The van der Waals surface area contributed by atoms with Gasteiger partial charge in [-0.25, -0.2) is 0 Å². The molecule has 0 saturated carbocycles. The number of rotatable bonds is 8. The van der Waals surface area contributed by atoms with Gasteiger partial charge < -0.3 is 16.0 Å². The van der Waals surface area contributed by atoms with Crippen molar-refractivity contribution in [1.29, 1.82) is 0 Å². The van der Waals surface area contributed by atoms with Crippen molar-refractivity contribution in [2.75, 3.05) is 16.0 Å². The fourth-order valence-corrected chi connectivity index (χ4v) is 4.72. The summed E-state index contributed by atoms with van der Waals surface area (Å²) < 4.78 is 0. The van der Waals surface area contributed by atoms with E-state index in [-0.39, 0.29) is 24.1 Å². The van der Waals surface area contributed by atoms with Gasteiger partial charge in [0.05, 0.1) is 24.2 Å². The highest BCUT2D eigenvalue weighted by Crippen LogP contribution is 2.25. The lowest BCUT2D eigenvalue weighted by Gasteiger charge is -2.13. The number of carbonyl (C=O) groups is 3. The minimum Gasteiger partial charge on any atom is -0.326 e. The van der Waals surface area contributed by atoms with E-state index in [0.29, 0.717) is 29.0 Å². The van der Waals surface area contributed by atoms with E-state index in [0.717, 1.165) is 15.3 Å². The SMILES string of the molecule is Cc1ccc(NC(=O)c2ccc(NC(=O)Cc3cccs3)cc2)c(NC(=O)Cc2cccs2)c1. The Morgan fingerprint density at radius 1 is 0.706 bits per heavy atom. The first-order valence-electron chi connectivity index (χ1n) is 10.6. The van der Waals surface area contributed by atoms with Crippen molar-refractivity contribution >= 4 is 57.5 Å². The first-order valence-corrected chi connectivity index (χ1v) is 12.4. The molecular weight excluding hydrogens is 466 g/mol. The van der Waals surface area contributed by atoms with Gasteiger partial charge in [-0.3, -0.25) is 14.4 Å². The fraction of sp³-hybridized carbons (Fsp3) is 0.115. The van der Waals surface area contributed by atoms with Gasteiger partial charge in [-0.05, 0) is 71.8 Å². The van der Waals surface area contributed by atoms with E-state index in [1.807, 2.05) is 54.1 Å². The molecule has 2 aromatic carbocycles. The van der Waals surface area contributed by atoms with Crippen molar-refractivity contribution in [2.45, 2.75) is 19.8 Å². The standard InChI is InChI=1S/C26H23N3O3S2/c1-17-6-11-22(23(14-17)28-25(31)16-21-5-3-13-34-21)29-26(32)18-7-9-19(10-8-18)27-24(30)15-20-4-2-12-33-20/h2-14H,15-16H2,1H3,(H,27,30)(H,28,31)(H,29,32). The molecule has 2 heterocycles. The Morgan fingerprint density at radius 3 is 1.91 bits per heavy atom. The molecule has 0 fully saturated rings. The van der Waals surface area contributed by atoms with Crippen molar-refractivity contribution in [3.05, 3.63) is 98.4 Å². The van der Waals surface area contributed by atoms with E-state index < -0.39 is 0 Å². The van der Waals surface area contributed by atoms with Crippen LogP contribution in [0.4, 0.5) is 17.1 Å². The van der Waals surface area contributed by atoms with Gasteiger partial charge in [0.15, 0.2) is 0 Å². The van der Waals surface area contributed by atoms with Crippen molar-refractivity contribution in [1.82, 2.24) is 0 Å². The van der Waals surface area contributed by atoms with E-state index in [1.54, 1.807) is 30.3 Å². The second kappa shape index (κ2) is 10.9. The van der Waals surface area contributed by atoms with Crippen LogP contribution in [-0.2, 0) is 22.4 Å². The van der Waals surface area contributed by atoms with E-state index in [1.165, 1.54) is 22.7 Å². The zero-order chi connectivity index (χ0) is 23.9. The molecule has 0 atom stereocenters. The summed E-state index contributed by atoms with van der Waals surface area (Å²) in [5.74, 6) is -0.567. The molecule has 6 nitrogen and oxygen atoms in total. The van der Waals surface area contributed by atoms with Crippen LogP contribution in [0.1, 0.15) is 25.7 Å². The Morgan fingerprint density at radius 2 is 1.32 bits per heavy atom. The molecule has 0 aliphatic heterocycles. The van der Waals surface area contributed by atoms with Crippen LogP contribution < -0.4 is 16.0 Å². The average molecular weight is 490 g/mol. The molecule has 0 saturated heterocycles. The summed E-state index contributed by atoms with van der Waals surface area (Å²) >= 11 is 3.06. The summed E-state index contributed by atoms with van der Waals surface area (Å²) in [5.41, 5.74) is 3.09. The maximum atomic E-state index is 12.8. The highest BCUT2D eigenvalue weighted by atomic mass is 32.1. The Bertz CT molecular complexity index is 1280. The monoisotopic (exact) mass is 489 g/mol. The molecule has 4 rings (SSSR count). The van der Waals surface area contributed by atoms with Crippen molar-refractivity contribution in [3.63, 3.8) is 0 Å². The minimum atomic E-state index is -0.311. The smallest absolute Gasteiger partial charge is 0.255 e. The number of hydrogen-bond donors (Lipinski definition) is 3. The molecule has 0 aliphatic rings. The Hall–Kier alpha value is -3.75. The molecule has 34 heavy (non-hydrogen) atoms. The van der Waals surface area contributed by atoms with Crippen LogP contribution in [0.2, 0.25) is 0 Å². The number of anilines is 3. The molecule has 4 aromatic rings. The third-order valence-corrected chi connectivity index (χ3v) is 6.71. The largest absolute Gasteiger partial charge is 0.326 e. The van der Waals surface area contributed by atoms with Crippen molar-refractivity contribution in [2.24, 2.45) is 0 Å². The molecule has 0 bridgehead atoms. The number of amides is 3. The molecule has 3 amide bonds. The summed E-state index contributed by atoms with van der Waals surface area (Å²) in [6.07, 6.45) is 0.590. The molecule has 0 aliphatic carbocycles. The second-order valence-corrected chi connectivity index (χ2v) is 9.75. The molecule has 3 N–H and O–H groups in total. The van der Waals surface area contributed by atoms with Gasteiger partial charge in [-0.1, -0.05) is 18.2 Å². The van der Waals surface area contributed by atoms with Crippen LogP contribution in [0.15, 0.2) is 77.5 Å². The highest BCUT2D eigenvalue weighted by Gasteiger charge is 2.13. The Kier molecular flexibility index (Phi) is 7.51. The van der Waals surface area contributed by atoms with Gasteiger partial charge in [0.25, 0.3) is 5.91 Å². The summed E-state index contributed by atoms with van der Waals surface area (Å²) in [5, 5.41) is 12.5. The van der Waals surface area contributed by atoms with E-state index in [4.69, 9.17) is 0 Å². The summed E-state index contributed by atoms with van der Waals surface area (Å²) in [7, 11) is 0. The van der Waals surface area contributed by atoms with Gasteiger partial charge >= 0.3 is 0 Å². The minimum absolute atomic E-state index is 0.109. The van der Waals surface area contributed by atoms with Crippen LogP contribution in [0.25, 0.3) is 0 Å². The van der Waals surface area contributed by atoms with Crippen LogP contribution in [0.5, 0.6) is 0 Å². The lowest BCUT2D eigenvalue weighted by Crippen LogP contribution is -2.18. The number of benzene rings is 2. The molecule has 8 heteroatoms. The van der Waals surface area contributed by atoms with Gasteiger partial charge in [0.1, 0.15) is 0 Å². The van der Waals surface area contributed by atoms with E-state index >= 15 is 0 Å². The maximum Gasteiger partial charge on any atom is 0.255 e. The first-order chi connectivity index (χ1) is 16.5. The van der Waals surface area contributed by atoms with E-state index in [2.05, 4.69) is 16.0 Å². The quantitative estimate of drug-likeness (QED) is 0.295. The second-order valence-electron chi connectivity index (χ2n) is 7.69. The molecular formula is C26H23N3O3S2. The molecule has 2 aromatic heterocycles. The van der Waals surface area contributed by atoms with E-state index in [9.17, 15) is 14.4 Å². The first kappa shape index (κ1) is 23.4. The predicted octanol–water partition coefficient (Wildman–Crippen LogP) is 5.73. The van der Waals surface area contributed by atoms with Crippen LogP contribution >= 0.6 is 22.7 Å².